The van der Waals surface area contributed by atoms with Gasteiger partial charge in [0.25, 0.3) is 5.91 Å². The van der Waals surface area contributed by atoms with E-state index in [1.54, 1.807) is 16.9 Å². The van der Waals surface area contributed by atoms with Gasteiger partial charge in [0.15, 0.2) is 5.65 Å². The van der Waals surface area contributed by atoms with Crippen LogP contribution in [0.5, 0.6) is 5.75 Å². The van der Waals surface area contributed by atoms with Crippen LogP contribution in [0.25, 0.3) is 16.8 Å². The van der Waals surface area contributed by atoms with Crippen LogP contribution >= 0.6 is 0 Å². The summed E-state index contributed by atoms with van der Waals surface area (Å²) >= 11 is 0. The fourth-order valence-corrected chi connectivity index (χ4v) is 3.46. The Morgan fingerprint density at radius 1 is 1.06 bits per heavy atom. The minimum atomic E-state index is -0.193. The molecule has 6 heteroatoms. The Morgan fingerprint density at radius 3 is 2.52 bits per heavy atom. The van der Waals surface area contributed by atoms with Crippen molar-refractivity contribution in [3.8, 4) is 16.9 Å². The molecule has 0 aliphatic rings. The minimum Gasteiger partial charge on any atom is -0.492 e. The number of fused-ring (bicyclic) bond motifs is 1. The molecule has 0 bridgehead atoms. The van der Waals surface area contributed by atoms with E-state index in [4.69, 9.17) is 4.74 Å². The predicted molar refractivity (Wildman–Crippen MR) is 122 cm³/mol. The van der Waals surface area contributed by atoms with Gasteiger partial charge in [-0.25, -0.2) is 9.50 Å². The van der Waals surface area contributed by atoms with E-state index in [0.717, 1.165) is 28.2 Å². The monoisotopic (exact) mass is 414 g/mol. The number of aryl methyl sites for hydroxylation is 1. The van der Waals surface area contributed by atoms with Crippen molar-refractivity contribution in [2.45, 2.75) is 26.7 Å². The molecular weight excluding hydrogens is 388 g/mol. The Bertz CT molecular complexity index is 1180. The highest BCUT2D eigenvalue weighted by Gasteiger charge is 2.16. The van der Waals surface area contributed by atoms with E-state index in [0.29, 0.717) is 24.6 Å². The molecule has 158 valence electrons. The summed E-state index contributed by atoms with van der Waals surface area (Å²) in [6.45, 7) is 7.02. The average Bonchev–Trinajstić information content (AvgIpc) is 3.22. The van der Waals surface area contributed by atoms with Gasteiger partial charge in [-0.2, -0.15) is 5.10 Å². The molecule has 0 aliphatic heterocycles. The molecule has 0 unspecified atom stereocenters. The number of hydrogen-bond donors (Lipinski definition) is 1. The maximum Gasteiger partial charge on any atom is 0.254 e. The van der Waals surface area contributed by atoms with Gasteiger partial charge in [0.05, 0.1) is 24.0 Å². The third kappa shape index (κ3) is 4.43. The van der Waals surface area contributed by atoms with Gasteiger partial charge in [-0.1, -0.05) is 56.3 Å². The van der Waals surface area contributed by atoms with Crippen molar-refractivity contribution in [1.82, 2.24) is 19.9 Å². The summed E-state index contributed by atoms with van der Waals surface area (Å²) in [6.07, 6.45) is 3.42. The van der Waals surface area contributed by atoms with Gasteiger partial charge in [-0.05, 0) is 36.1 Å². The number of carbonyl (C=O) groups is 1. The number of carbonyl (C=O) groups excluding carboxylic acids is 1. The smallest absolute Gasteiger partial charge is 0.254 e. The number of nitrogens with zero attached hydrogens (tertiary/aromatic N) is 3. The van der Waals surface area contributed by atoms with Crippen LogP contribution in [0, 0.1) is 6.92 Å². The van der Waals surface area contributed by atoms with Crippen molar-refractivity contribution in [3.63, 3.8) is 0 Å². The molecule has 2 aromatic heterocycles. The fourth-order valence-electron chi connectivity index (χ4n) is 3.46. The predicted octanol–water partition coefficient (Wildman–Crippen LogP) is 4.64. The third-order valence-corrected chi connectivity index (χ3v) is 5.30. The van der Waals surface area contributed by atoms with Gasteiger partial charge in [0.2, 0.25) is 0 Å². The van der Waals surface area contributed by atoms with Crippen molar-refractivity contribution in [3.05, 3.63) is 83.8 Å². The number of ether oxygens (including phenoxy) is 1. The number of benzene rings is 2. The molecule has 0 spiro atoms. The second kappa shape index (κ2) is 9.00. The highest BCUT2D eigenvalue weighted by atomic mass is 16.5. The summed E-state index contributed by atoms with van der Waals surface area (Å²) in [5.41, 5.74) is 5.27. The first-order valence-corrected chi connectivity index (χ1v) is 10.4. The van der Waals surface area contributed by atoms with Crippen LogP contribution in [0.3, 0.4) is 0 Å². The van der Waals surface area contributed by atoms with E-state index in [2.05, 4.69) is 53.5 Å². The molecule has 0 radical (unpaired) electrons. The van der Waals surface area contributed by atoms with Crippen LogP contribution in [0.4, 0.5) is 0 Å². The Balaban J connectivity index is 1.47. The van der Waals surface area contributed by atoms with E-state index in [1.165, 1.54) is 5.56 Å². The normalized spacial score (nSPS) is 11.1. The van der Waals surface area contributed by atoms with Gasteiger partial charge in [0.1, 0.15) is 12.4 Å². The maximum atomic E-state index is 12.7. The standard InChI is InChI=1S/C25H26N4O2/c1-17(2)19-9-11-20(12-10-19)23-16-28-29-18(3)22(15-27-24(23)29)25(30)26-13-14-31-21-7-5-4-6-8-21/h4-12,15-17H,13-14H2,1-3H3,(H,26,30). The second-order valence-electron chi connectivity index (χ2n) is 7.75. The molecule has 31 heavy (non-hydrogen) atoms. The average molecular weight is 415 g/mol. The second-order valence-corrected chi connectivity index (χ2v) is 7.75. The first-order valence-electron chi connectivity index (χ1n) is 10.4. The van der Waals surface area contributed by atoms with Crippen LogP contribution in [0.2, 0.25) is 0 Å². The molecule has 0 fully saturated rings. The van der Waals surface area contributed by atoms with E-state index in [-0.39, 0.29) is 5.91 Å². The molecule has 6 nitrogen and oxygen atoms in total. The Hall–Kier alpha value is -3.67. The number of aromatic nitrogens is 3. The van der Waals surface area contributed by atoms with Crippen molar-refractivity contribution < 1.29 is 9.53 Å². The lowest BCUT2D eigenvalue weighted by Gasteiger charge is -2.10. The quantitative estimate of drug-likeness (QED) is 0.448. The zero-order valence-electron chi connectivity index (χ0n) is 18.0. The van der Waals surface area contributed by atoms with Gasteiger partial charge in [-0.3, -0.25) is 4.79 Å². The highest BCUT2D eigenvalue weighted by Crippen LogP contribution is 2.26. The Labute approximate surface area is 181 Å². The number of amides is 1. The van der Waals surface area contributed by atoms with E-state index in [1.807, 2.05) is 37.3 Å². The zero-order valence-corrected chi connectivity index (χ0v) is 18.0. The summed E-state index contributed by atoms with van der Waals surface area (Å²) in [7, 11) is 0. The number of hydrogen-bond acceptors (Lipinski definition) is 4. The van der Waals surface area contributed by atoms with E-state index in [9.17, 15) is 4.79 Å². The SMILES string of the molecule is Cc1c(C(=O)NCCOc2ccccc2)cnc2c(-c3ccc(C(C)C)cc3)cnn12. The van der Waals surface area contributed by atoms with Crippen molar-refractivity contribution in [1.29, 1.82) is 0 Å². The molecule has 0 aliphatic carbocycles. The Kier molecular flexibility index (Phi) is 5.98. The first kappa shape index (κ1) is 20.6. The molecule has 1 N–H and O–H groups in total. The summed E-state index contributed by atoms with van der Waals surface area (Å²) in [4.78, 5) is 17.2. The largest absolute Gasteiger partial charge is 0.492 e. The highest BCUT2D eigenvalue weighted by molar-refractivity contribution is 5.95. The minimum absolute atomic E-state index is 0.193. The Morgan fingerprint density at radius 2 is 1.81 bits per heavy atom. The molecule has 0 atom stereocenters. The van der Waals surface area contributed by atoms with Crippen LogP contribution < -0.4 is 10.1 Å². The summed E-state index contributed by atoms with van der Waals surface area (Å²) in [5, 5.41) is 7.37. The molecule has 0 saturated heterocycles. The third-order valence-electron chi connectivity index (χ3n) is 5.30. The lowest BCUT2D eigenvalue weighted by molar-refractivity contribution is 0.0945. The number of para-hydroxylation sites is 1. The van der Waals surface area contributed by atoms with Gasteiger partial charge >= 0.3 is 0 Å². The van der Waals surface area contributed by atoms with Gasteiger partial charge < -0.3 is 10.1 Å². The van der Waals surface area contributed by atoms with Crippen LogP contribution in [-0.2, 0) is 0 Å². The molecule has 2 aromatic carbocycles. The van der Waals surface area contributed by atoms with Crippen molar-refractivity contribution in [2.24, 2.45) is 0 Å². The first-order chi connectivity index (χ1) is 15.0. The van der Waals surface area contributed by atoms with Gasteiger partial charge in [0, 0.05) is 11.8 Å². The van der Waals surface area contributed by atoms with Gasteiger partial charge in [-0.15, -0.1) is 0 Å². The van der Waals surface area contributed by atoms with Crippen LogP contribution in [0.15, 0.2) is 67.0 Å². The van der Waals surface area contributed by atoms with E-state index < -0.39 is 0 Å². The summed E-state index contributed by atoms with van der Waals surface area (Å²) in [6, 6.07) is 18.0. The summed E-state index contributed by atoms with van der Waals surface area (Å²) in [5.74, 6) is 1.07. The summed E-state index contributed by atoms with van der Waals surface area (Å²) < 4.78 is 7.34. The fraction of sp³-hybridized carbons (Fsp3) is 0.240. The topological polar surface area (TPSA) is 68.5 Å². The molecule has 4 aromatic rings. The molecular formula is C25H26N4O2. The van der Waals surface area contributed by atoms with Crippen molar-refractivity contribution >= 4 is 11.6 Å². The van der Waals surface area contributed by atoms with Crippen LogP contribution in [-0.4, -0.2) is 33.7 Å². The molecule has 1 amide bonds. The number of rotatable bonds is 7. The van der Waals surface area contributed by atoms with Crippen molar-refractivity contribution in [2.75, 3.05) is 13.2 Å². The number of nitrogens with one attached hydrogen (secondary N) is 1. The lowest BCUT2D eigenvalue weighted by atomic mass is 10.00. The lowest BCUT2D eigenvalue weighted by Crippen LogP contribution is -2.29. The maximum absolute atomic E-state index is 12.7. The van der Waals surface area contributed by atoms with Crippen LogP contribution in [0.1, 0.15) is 41.4 Å². The zero-order chi connectivity index (χ0) is 21.8. The molecule has 0 saturated carbocycles. The molecule has 4 rings (SSSR count). The van der Waals surface area contributed by atoms with E-state index >= 15 is 0 Å². The molecule has 2 heterocycles.